The van der Waals surface area contributed by atoms with Gasteiger partial charge in [0.2, 0.25) is 5.91 Å². The van der Waals surface area contributed by atoms with Crippen LogP contribution in [0.2, 0.25) is 0 Å². The summed E-state index contributed by atoms with van der Waals surface area (Å²) in [5.74, 6) is -0.495. The predicted octanol–water partition coefficient (Wildman–Crippen LogP) is 17.0. The van der Waals surface area contributed by atoms with Gasteiger partial charge in [0.15, 0.2) is 0 Å². The number of ether oxygens (including phenoxy) is 1. The molecule has 0 spiro atoms. The van der Waals surface area contributed by atoms with Crippen LogP contribution in [0.1, 0.15) is 284 Å². The van der Waals surface area contributed by atoms with E-state index in [2.05, 4.69) is 74.7 Å². The van der Waals surface area contributed by atoms with Gasteiger partial charge in [-0.05, 0) is 83.5 Å². The van der Waals surface area contributed by atoms with E-state index in [-0.39, 0.29) is 24.9 Å². The molecule has 0 aromatic heterocycles. The second-order valence-electron chi connectivity index (χ2n) is 19.0. The molecule has 374 valence electrons. The third-order valence-electron chi connectivity index (χ3n) is 12.6. The van der Waals surface area contributed by atoms with Gasteiger partial charge in [0, 0.05) is 6.42 Å². The monoisotopic (exact) mass is 898 g/mol. The normalized spacial score (nSPS) is 13.5. The average Bonchev–Trinajstić information content (AvgIpc) is 3.29. The summed E-state index contributed by atoms with van der Waals surface area (Å²) in [5.41, 5.74) is 0. The highest BCUT2D eigenvalue weighted by molar-refractivity contribution is 5.77. The number of hydrogen-bond donors (Lipinski definition) is 3. The summed E-state index contributed by atoms with van der Waals surface area (Å²) < 4.78 is 5.94. The Labute approximate surface area is 397 Å². The van der Waals surface area contributed by atoms with Crippen LogP contribution < -0.4 is 5.32 Å². The van der Waals surface area contributed by atoms with E-state index >= 15 is 0 Å². The first-order valence-electron chi connectivity index (χ1n) is 27.9. The fourth-order valence-corrected chi connectivity index (χ4v) is 8.44. The smallest absolute Gasteiger partial charge is 0.306 e. The molecule has 0 fully saturated rings. The fourth-order valence-electron chi connectivity index (χ4n) is 8.44. The first-order valence-corrected chi connectivity index (χ1v) is 27.9. The number of esters is 1. The number of allylic oxidation sites excluding steroid dienone is 8. The van der Waals surface area contributed by atoms with Gasteiger partial charge in [-0.25, -0.2) is 0 Å². The first kappa shape index (κ1) is 61.8. The molecule has 0 heterocycles. The maximum atomic E-state index is 13.2. The molecule has 0 aliphatic carbocycles. The number of hydrogen-bond acceptors (Lipinski definition) is 5. The van der Waals surface area contributed by atoms with Crippen LogP contribution in [0.5, 0.6) is 0 Å². The third kappa shape index (κ3) is 46.4. The van der Waals surface area contributed by atoms with Crippen molar-refractivity contribution in [3.63, 3.8) is 0 Å². The standard InChI is InChI=1S/C58H107NO5/c1-4-7-10-13-16-19-22-25-28-29-30-31-34-37-40-43-46-49-54(64-58(63)51-48-45-42-39-36-33-27-24-21-18-15-12-9-6-3)52-57(62)59-55(53-60)56(61)50-47-44-41-38-35-32-26-23-20-17-14-11-8-5-2/h9,12,18,21,25,27-28,33,54-56,60-61H,4-8,10-11,13-17,19-20,22-24,26,29-32,34-53H2,1-3H3,(H,59,62)/b12-9+,21-18+,28-25+,33-27+. The molecule has 0 rings (SSSR count). The number of nitrogens with one attached hydrogen (secondary N) is 1. The van der Waals surface area contributed by atoms with Crippen molar-refractivity contribution in [2.75, 3.05) is 6.61 Å². The summed E-state index contributed by atoms with van der Waals surface area (Å²) in [5, 5.41) is 23.8. The molecule has 0 saturated heterocycles. The Morgan fingerprint density at radius 3 is 1.30 bits per heavy atom. The number of carbonyl (C=O) groups excluding carboxylic acids is 2. The number of unbranched alkanes of at least 4 members (excludes halogenated alkanes) is 30. The van der Waals surface area contributed by atoms with E-state index in [0.717, 1.165) is 89.9 Å². The van der Waals surface area contributed by atoms with Crippen LogP contribution in [0.15, 0.2) is 48.6 Å². The van der Waals surface area contributed by atoms with Crippen LogP contribution >= 0.6 is 0 Å². The molecule has 0 aliphatic rings. The van der Waals surface area contributed by atoms with Crippen LogP contribution in [0, 0.1) is 0 Å². The molecule has 0 aliphatic heterocycles. The van der Waals surface area contributed by atoms with Crippen molar-refractivity contribution in [1.82, 2.24) is 5.32 Å². The van der Waals surface area contributed by atoms with Gasteiger partial charge in [0.05, 0.1) is 25.2 Å². The van der Waals surface area contributed by atoms with E-state index in [4.69, 9.17) is 4.74 Å². The Morgan fingerprint density at radius 2 is 0.844 bits per heavy atom. The van der Waals surface area contributed by atoms with E-state index in [1.165, 1.54) is 148 Å². The molecule has 6 heteroatoms. The molecule has 0 aromatic rings. The molecule has 3 unspecified atom stereocenters. The number of rotatable bonds is 50. The van der Waals surface area contributed by atoms with Crippen molar-refractivity contribution in [1.29, 1.82) is 0 Å². The lowest BCUT2D eigenvalue weighted by Crippen LogP contribution is -2.46. The largest absolute Gasteiger partial charge is 0.462 e. The Kier molecular flexibility index (Phi) is 50.0. The molecule has 0 saturated carbocycles. The summed E-state index contributed by atoms with van der Waals surface area (Å²) in [7, 11) is 0. The van der Waals surface area contributed by atoms with Crippen LogP contribution in [0.4, 0.5) is 0 Å². The van der Waals surface area contributed by atoms with Gasteiger partial charge in [-0.3, -0.25) is 9.59 Å². The van der Waals surface area contributed by atoms with E-state index in [0.29, 0.717) is 19.3 Å². The molecule has 1 amide bonds. The summed E-state index contributed by atoms with van der Waals surface area (Å²) in [6.07, 6.45) is 63.1. The zero-order valence-electron chi connectivity index (χ0n) is 42.7. The Hall–Kier alpha value is -2.18. The summed E-state index contributed by atoms with van der Waals surface area (Å²) >= 11 is 0. The first-order chi connectivity index (χ1) is 31.5. The molecule has 6 nitrogen and oxygen atoms in total. The highest BCUT2D eigenvalue weighted by Crippen LogP contribution is 2.18. The van der Waals surface area contributed by atoms with Gasteiger partial charge in [0.1, 0.15) is 6.10 Å². The maximum absolute atomic E-state index is 13.2. The van der Waals surface area contributed by atoms with Gasteiger partial charge in [-0.1, -0.05) is 236 Å². The lowest BCUT2D eigenvalue weighted by atomic mass is 10.0. The second kappa shape index (κ2) is 51.8. The van der Waals surface area contributed by atoms with Crippen molar-refractivity contribution in [2.45, 2.75) is 302 Å². The van der Waals surface area contributed by atoms with Crippen molar-refractivity contribution in [3.8, 4) is 0 Å². The summed E-state index contributed by atoms with van der Waals surface area (Å²) in [4.78, 5) is 26.2. The maximum Gasteiger partial charge on any atom is 0.306 e. The van der Waals surface area contributed by atoms with Gasteiger partial charge < -0.3 is 20.3 Å². The van der Waals surface area contributed by atoms with Crippen LogP contribution in [0.25, 0.3) is 0 Å². The SMILES string of the molecule is CC/C=C/C/C=C/C/C=C/CCCCCCC(=O)OC(CCCCCCCCC/C=C/CCCCCCCC)CC(=O)NC(CO)C(O)CCCCCCCCCCCCCCCC. The molecule has 3 N–H and O–H groups in total. The van der Waals surface area contributed by atoms with Crippen molar-refractivity contribution in [2.24, 2.45) is 0 Å². The average molecular weight is 898 g/mol. The molecular weight excluding hydrogens is 791 g/mol. The van der Waals surface area contributed by atoms with Gasteiger partial charge in [-0.15, -0.1) is 0 Å². The highest BCUT2D eigenvalue weighted by Gasteiger charge is 2.24. The minimum Gasteiger partial charge on any atom is -0.462 e. The minimum atomic E-state index is -0.793. The van der Waals surface area contributed by atoms with E-state index in [1.54, 1.807) is 0 Å². The van der Waals surface area contributed by atoms with Crippen molar-refractivity contribution < 1.29 is 24.5 Å². The fraction of sp³-hybridized carbons (Fsp3) is 0.828. The second-order valence-corrected chi connectivity index (χ2v) is 19.0. The predicted molar refractivity (Wildman–Crippen MR) is 278 cm³/mol. The van der Waals surface area contributed by atoms with Crippen molar-refractivity contribution >= 4 is 11.9 Å². The number of aliphatic hydroxyl groups excluding tert-OH is 2. The topological polar surface area (TPSA) is 95.9 Å². The number of carbonyl (C=O) groups is 2. The molecule has 0 bridgehead atoms. The highest BCUT2D eigenvalue weighted by atomic mass is 16.5. The lowest BCUT2D eigenvalue weighted by Gasteiger charge is -2.24. The van der Waals surface area contributed by atoms with Crippen LogP contribution in [-0.4, -0.2) is 46.9 Å². The molecule has 3 atom stereocenters. The van der Waals surface area contributed by atoms with Gasteiger partial charge in [-0.2, -0.15) is 0 Å². The molecule has 64 heavy (non-hydrogen) atoms. The third-order valence-corrected chi connectivity index (χ3v) is 12.6. The minimum absolute atomic E-state index is 0.0666. The van der Waals surface area contributed by atoms with Gasteiger partial charge in [0.25, 0.3) is 0 Å². The summed E-state index contributed by atoms with van der Waals surface area (Å²) in [6.45, 7) is 6.38. The summed E-state index contributed by atoms with van der Waals surface area (Å²) in [6, 6.07) is -0.707. The zero-order valence-corrected chi connectivity index (χ0v) is 42.7. The number of amides is 1. The molecular formula is C58H107NO5. The van der Waals surface area contributed by atoms with E-state index < -0.39 is 18.2 Å². The Balaban J connectivity index is 4.59. The van der Waals surface area contributed by atoms with E-state index in [9.17, 15) is 19.8 Å². The van der Waals surface area contributed by atoms with Crippen LogP contribution in [-0.2, 0) is 14.3 Å². The van der Waals surface area contributed by atoms with Crippen LogP contribution in [0.3, 0.4) is 0 Å². The van der Waals surface area contributed by atoms with Gasteiger partial charge >= 0.3 is 5.97 Å². The number of aliphatic hydroxyl groups is 2. The molecule has 0 radical (unpaired) electrons. The van der Waals surface area contributed by atoms with E-state index in [1.807, 2.05) is 0 Å². The molecule has 0 aromatic carbocycles. The Morgan fingerprint density at radius 1 is 0.469 bits per heavy atom. The zero-order chi connectivity index (χ0) is 46.7. The lowest BCUT2D eigenvalue weighted by molar-refractivity contribution is -0.151. The quantitative estimate of drug-likeness (QED) is 0.0321. The Bertz CT molecular complexity index is 1100. The van der Waals surface area contributed by atoms with Crippen molar-refractivity contribution in [3.05, 3.63) is 48.6 Å².